The zero-order valence-corrected chi connectivity index (χ0v) is 12.5. The van der Waals surface area contributed by atoms with Crippen LogP contribution in [0.2, 0.25) is 0 Å². The molecule has 0 spiro atoms. The number of para-hydroxylation sites is 1. The average molecular weight is 287 g/mol. The highest BCUT2D eigenvalue weighted by Crippen LogP contribution is 2.35. The predicted octanol–water partition coefficient (Wildman–Crippen LogP) is 4.86. The third kappa shape index (κ3) is 1.96. The van der Waals surface area contributed by atoms with E-state index in [9.17, 15) is 5.11 Å². The van der Waals surface area contributed by atoms with Crippen molar-refractivity contribution in [1.82, 2.24) is 4.57 Å². The highest BCUT2D eigenvalue weighted by Gasteiger charge is 2.13. The van der Waals surface area contributed by atoms with E-state index in [2.05, 4.69) is 54.0 Å². The molecule has 0 saturated heterocycles. The second-order valence-electron chi connectivity index (χ2n) is 5.76. The summed E-state index contributed by atoms with van der Waals surface area (Å²) < 4.78 is 2.28. The number of phenolic OH excluding ortho intramolecular Hbond substituents is 1. The fraction of sp³-hybridized carbons (Fsp3) is 0.100. The maximum Gasteiger partial charge on any atom is 0.125 e. The lowest BCUT2D eigenvalue weighted by molar-refractivity contribution is 0.482. The molecule has 3 aromatic carbocycles. The van der Waals surface area contributed by atoms with Gasteiger partial charge in [-0.1, -0.05) is 54.1 Å². The van der Waals surface area contributed by atoms with E-state index in [-0.39, 0.29) is 0 Å². The first-order valence-electron chi connectivity index (χ1n) is 7.48. The maximum atomic E-state index is 10.3. The zero-order valence-electron chi connectivity index (χ0n) is 12.5. The van der Waals surface area contributed by atoms with Crippen molar-refractivity contribution in [3.8, 4) is 5.75 Å². The van der Waals surface area contributed by atoms with Gasteiger partial charge in [-0.15, -0.1) is 0 Å². The smallest absolute Gasteiger partial charge is 0.125 e. The number of fused-ring (bicyclic) bond motifs is 3. The number of aromatic hydroxyl groups is 1. The van der Waals surface area contributed by atoms with E-state index in [0.29, 0.717) is 5.75 Å². The molecule has 0 fully saturated rings. The summed E-state index contributed by atoms with van der Waals surface area (Å²) in [5, 5.41) is 12.3. The minimum atomic E-state index is 0.344. The number of benzene rings is 3. The monoisotopic (exact) mass is 287 g/mol. The van der Waals surface area contributed by atoms with Crippen LogP contribution in [0.3, 0.4) is 0 Å². The first-order valence-corrected chi connectivity index (χ1v) is 7.48. The van der Waals surface area contributed by atoms with Crippen LogP contribution in [-0.4, -0.2) is 9.67 Å². The molecule has 0 aliphatic heterocycles. The fourth-order valence-electron chi connectivity index (χ4n) is 3.24. The van der Waals surface area contributed by atoms with Gasteiger partial charge in [0.1, 0.15) is 5.75 Å². The Morgan fingerprint density at radius 2 is 1.64 bits per heavy atom. The van der Waals surface area contributed by atoms with E-state index < -0.39 is 0 Å². The number of phenols is 1. The second-order valence-corrected chi connectivity index (χ2v) is 5.76. The van der Waals surface area contributed by atoms with E-state index >= 15 is 0 Å². The molecule has 0 aliphatic carbocycles. The molecule has 1 N–H and O–H groups in total. The van der Waals surface area contributed by atoms with E-state index in [4.69, 9.17) is 0 Å². The molecule has 1 aromatic heterocycles. The topological polar surface area (TPSA) is 25.2 Å². The Labute approximate surface area is 129 Å². The summed E-state index contributed by atoms with van der Waals surface area (Å²) in [5.41, 5.74) is 4.76. The van der Waals surface area contributed by atoms with Gasteiger partial charge in [0, 0.05) is 22.8 Å². The quantitative estimate of drug-likeness (QED) is 0.560. The Bertz CT molecular complexity index is 982. The number of hydrogen-bond donors (Lipinski definition) is 1. The first-order chi connectivity index (χ1) is 10.7. The first kappa shape index (κ1) is 13.0. The molecular weight excluding hydrogens is 270 g/mol. The van der Waals surface area contributed by atoms with Gasteiger partial charge < -0.3 is 9.67 Å². The van der Waals surface area contributed by atoms with Crippen molar-refractivity contribution >= 4 is 21.8 Å². The standard InChI is InChI=1S/C20H17NO/c1-14-6-4-7-15(12-14)13-21-17-9-3-2-8-16(17)20-18(21)10-5-11-19(20)22/h2-12,22H,13H2,1H3. The normalized spacial score (nSPS) is 11.3. The summed E-state index contributed by atoms with van der Waals surface area (Å²) in [6.45, 7) is 2.91. The van der Waals surface area contributed by atoms with E-state index in [1.165, 1.54) is 11.1 Å². The molecule has 2 heteroatoms. The van der Waals surface area contributed by atoms with E-state index in [1.54, 1.807) is 6.07 Å². The van der Waals surface area contributed by atoms with Crippen LogP contribution >= 0.6 is 0 Å². The van der Waals surface area contributed by atoms with Crippen molar-refractivity contribution in [2.75, 3.05) is 0 Å². The summed E-state index contributed by atoms with van der Waals surface area (Å²) in [6.07, 6.45) is 0. The van der Waals surface area contributed by atoms with Gasteiger partial charge in [-0.2, -0.15) is 0 Å². The van der Waals surface area contributed by atoms with Gasteiger partial charge in [0.05, 0.1) is 5.52 Å². The minimum absolute atomic E-state index is 0.344. The lowest BCUT2D eigenvalue weighted by atomic mass is 10.1. The minimum Gasteiger partial charge on any atom is -0.507 e. The van der Waals surface area contributed by atoms with Gasteiger partial charge >= 0.3 is 0 Å². The summed E-state index contributed by atoms with van der Waals surface area (Å²) in [5.74, 6) is 0.344. The molecule has 22 heavy (non-hydrogen) atoms. The van der Waals surface area contributed by atoms with Gasteiger partial charge in [-0.3, -0.25) is 0 Å². The van der Waals surface area contributed by atoms with E-state index in [0.717, 1.165) is 28.4 Å². The lowest BCUT2D eigenvalue weighted by Crippen LogP contribution is -1.99. The highest BCUT2D eigenvalue weighted by atomic mass is 16.3. The molecule has 0 amide bonds. The van der Waals surface area contributed by atoms with Gasteiger partial charge in [-0.05, 0) is 30.7 Å². The Morgan fingerprint density at radius 3 is 2.50 bits per heavy atom. The molecule has 4 rings (SSSR count). The summed E-state index contributed by atoms with van der Waals surface area (Å²) in [6, 6.07) is 22.6. The number of rotatable bonds is 2. The third-order valence-electron chi connectivity index (χ3n) is 4.20. The van der Waals surface area contributed by atoms with Crippen LogP contribution in [0.5, 0.6) is 5.75 Å². The van der Waals surface area contributed by atoms with E-state index in [1.807, 2.05) is 18.2 Å². The van der Waals surface area contributed by atoms with Crippen molar-refractivity contribution in [2.45, 2.75) is 13.5 Å². The predicted molar refractivity (Wildman–Crippen MR) is 91.4 cm³/mol. The molecule has 0 atom stereocenters. The molecule has 108 valence electrons. The fourth-order valence-corrected chi connectivity index (χ4v) is 3.24. The number of aromatic nitrogens is 1. The number of aryl methyl sites for hydroxylation is 1. The number of hydrogen-bond acceptors (Lipinski definition) is 1. The summed E-state index contributed by atoms with van der Waals surface area (Å²) >= 11 is 0. The Hall–Kier alpha value is -2.74. The molecule has 2 nitrogen and oxygen atoms in total. The van der Waals surface area contributed by atoms with Crippen molar-refractivity contribution in [3.05, 3.63) is 77.9 Å². The van der Waals surface area contributed by atoms with Crippen LogP contribution in [0, 0.1) is 6.92 Å². The van der Waals surface area contributed by atoms with Crippen molar-refractivity contribution < 1.29 is 5.11 Å². The Morgan fingerprint density at radius 1 is 0.864 bits per heavy atom. The highest BCUT2D eigenvalue weighted by molar-refractivity contribution is 6.11. The second kappa shape index (κ2) is 4.92. The van der Waals surface area contributed by atoms with Gasteiger partial charge in [0.15, 0.2) is 0 Å². The largest absolute Gasteiger partial charge is 0.507 e. The molecule has 0 radical (unpaired) electrons. The maximum absolute atomic E-state index is 10.3. The lowest BCUT2D eigenvalue weighted by Gasteiger charge is -2.08. The molecular formula is C20H17NO. The Balaban J connectivity index is 2.01. The van der Waals surface area contributed by atoms with Crippen LogP contribution in [0.25, 0.3) is 21.8 Å². The van der Waals surface area contributed by atoms with Crippen molar-refractivity contribution in [2.24, 2.45) is 0 Å². The number of nitrogens with zero attached hydrogens (tertiary/aromatic N) is 1. The van der Waals surface area contributed by atoms with Crippen molar-refractivity contribution in [1.29, 1.82) is 0 Å². The SMILES string of the molecule is Cc1cccc(Cn2c3ccccc3c3c(O)cccc32)c1. The van der Waals surface area contributed by atoms with Gasteiger partial charge in [-0.25, -0.2) is 0 Å². The van der Waals surface area contributed by atoms with Gasteiger partial charge in [0.25, 0.3) is 0 Å². The molecule has 0 saturated carbocycles. The summed E-state index contributed by atoms with van der Waals surface area (Å²) in [4.78, 5) is 0. The molecule has 0 aliphatic rings. The van der Waals surface area contributed by atoms with Crippen LogP contribution < -0.4 is 0 Å². The third-order valence-corrected chi connectivity index (χ3v) is 4.20. The molecule has 4 aromatic rings. The van der Waals surface area contributed by atoms with Crippen LogP contribution in [0.1, 0.15) is 11.1 Å². The summed E-state index contributed by atoms with van der Waals surface area (Å²) in [7, 11) is 0. The van der Waals surface area contributed by atoms with Crippen LogP contribution in [-0.2, 0) is 6.54 Å². The molecule has 0 bridgehead atoms. The molecule has 1 heterocycles. The van der Waals surface area contributed by atoms with Crippen LogP contribution in [0.4, 0.5) is 0 Å². The Kier molecular flexibility index (Phi) is 2.90. The van der Waals surface area contributed by atoms with Gasteiger partial charge in [0.2, 0.25) is 0 Å². The zero-order chi connectivity index (χ0) is 15.1. The van der Waals surface area contributed by atoms with Crippen LogP contribution in [0.15, 0.2) is 66.7 Å². The molecule has 0 unspecified atom stereocenters. The van der Waals surface area contributed by atoms with Crippen molar-refractivity contribution in [3.63, 3.8) is 0 Å². The average Bonchev–Trinajstić information content (AvgIpc) is 2.83.